The van der Waals surface area contributed by atoms with Crippen LogP contribution in [0.5, 0.6) is 5.75 Å². The van der Waals surface area contributed by atoms with E-state index in [1.807, 2.05) is 30.9 Å². The number of ether oxygens (including phenoxy) is 1. The second kappa shape index (κ2) is 8.47. The molecule has 2 bridgehead atoms. The summed E-state index contributed by atoms with van der Waals surface area (Å²) in [6.07, 6.45) is 7.05. The fourth-order valence-corrected chi connectivity index (χ4v) is 5.83. The maximum Gasteiger partial charge on any atom is 0.339 e. The van der Waals surface area contributed by atoms with Crippen LogP contribution >= 0.6 is 12.4 Å². The first-order valence-electron chi connectivity index (χ1n) is 11.3. The number of fused-ring (bicyclic) bond motifs is 5. The van der Waals surface area contributed by atoms with Gasteiger partial charge in [-0.2, -0.15) is 0 Å². The highest BCUT2D eigenvalue weighted by molar-refractivity contribution is 5.87. The number of aryl methyl sites for hydroxylation is 2. The maximum absolute atomic E-state index is 13.3. The van der Waals surface area contributed by atoms with Crippen molar-refractivity contribution in [2.24, 2.45) is 5.73 Å². The Bertz CT molecular complexity index is 1050. The first-order chi connectivity index (χ1) is 14.4. The Morgan fingerprint density at radius 2 is 1.84 bits per heavy atom. The molecule has 1 aliphatic carbocycles. The number of carbonyl (C=O) groups is 1. The lowest BCUT2D eigenvalue weighted by Gasteiger charge is -2.48. The van der Waals surface area contributed by atoms with E-state index >= 15 is 0 Å². The molecule has 3 heterocycles. The zero-order valence-electron chi connectivity index (χ0n) is 18.2. The zero-order chi connectivity index (χ0) is 21.0. The van der Waals surface area contributed by atoms with Gasteiger partial charge in [-0.1, -0.05) is 0 Å². The molecular formula is C24H31ClN2O4. The fourth-order valence-electron chi connectivity index (χ4n) is 5.83. The molecule has 0 saturated carbocycles. The van der Waals surface area contributed by atoms with Crippen molar-refractivity contribution in [2.75, 3.05) is 0 Å². The zero-order valence-corrected chi connectivity index (χ0v) is 19.0. The third-order valence-electron chi connectivity index (χ3n) is 7.26. The van der Waals surface area contributed by atoms with Gasteiger partial charge >= 0.3 is 5.63 Å². The molecule has 2 aromatic rings. The maximum atomic E-state index is 13.3. The van der Waals surface area contributed by atoms with Crippen LogP contribution < -0.4 is 16.1 Å². The van der Waals surface area contributed by atoms with Crippen LogP contribution in [0.1, 0.15) is 62.1 Å². The van der Waals surface area contributed by atoms with Gasteiger partial charge in [-0.25, -0.2) is 4.79 Å². The van der Waals surface area contributed by atoms with Crippen LogP contribution in [0.4, 0.5) is 0 Å². The van der Waals surface area contributed by atoms with Crippen molar-refractivity contribution in [3.05, 3.63) is 39.2 Å². The van der Waals surface area contributed by atoms with Crippen LogP contribution in [0, 0.1) is 6.92 Å². The lowest BCUT2D eigenvalue weighted by molar-refractivity contribution is -0.148. The number of benzene rings is 1. The van der Waals surface area contributed by atoms with E-state index in [0.717, 1.165) is 73.4 Å². The molecule has 3 aliphatic rings. The van der Waals surface area contributed by atoms with Crippen LogP contribution in [-0.4, -0.2) is 35.0 Å². The minimum absolute atomic E-state index is 0. The highest BCUT2D eigenvalue weighted by Crippen LogP contribution is 2.36. The minimum atomic E-state index is -0.597. The number of hydrogen-bond donors (Lipinski definition) is 1. The van der Waals surface area contributed by atoms with Crippen molar-refractivity contribution in [1.82, 2.24) is 4.90 Å². The predicted molar refractivity (Wildman–Crippen MR) is 122 cm³/mol. The molecule has 2 unspecified atom stereocenters. The van der Waals surface area contributed by atoms with E-state index in [9.17, 15) is 9.59 Å². The van der Waals surface area contributed by atoms with Crippen LogP contribution in [0.15, 0.2) is 21.3 Å². The summed E-state index contributed by atoms with van der Waals surface area (Å²) >= 11 is 0. The lowest BCUT2D eigenvalue weighted by atomic mass is 9.82. The summed E-state index contributed by atoms with van der Waals surface area (Å²) in [7, 11) is 0. The normalized spacial score (nSPS) is 25.6. The van der Waals surface area contributed by atoms with E-state index in [0.29, 0.717) is 11.3 Å². The summed E-state index contributed by atoms with van der Waals surface area (Å²) < 4.78 is 11.8. The van der Waals surface area contributed by atoms with Crippen molar-refractivity contribution in [1.29, 1.82) is 0 Å². The molecule has 1 amide bonds. The molecule has 2 aliphatic heterocycles. The molecule has 2 saturated heterocycles. The molecule has 1 aromatic heterocycles. The van der Waals surface area contributed by atoms with E-state index < -0.39 is 6.10 Å². The van der Waals surface area contributed by atoms with Crippen molar-refractivity contribution in [3.63, 3.8) is 0 Å². The summed E-state index contributed by atoms with van der Waals surface area (Å²) in [6, 6.07) is 4.52. The highest BCUT2D eigenvalue weighted by atomic mass is 35.5. The number of nitrogens with zero attached hydrogens (tertiary/aromatic N) is 1. The Morgan fingerprint density at radius 1 is 1.16 bits per heavy atom. The first-order valence-corrected chi connectivity index (χ1v) is 11.3. The summed E-state index contributed by atoms with van der Waals surface area (Å²) in [6.45, 7) is 3.71. The van der Waals surface area contributed by atoms with Gasteiger partial charge in [-0.3, -0.25) is 4.79 Å². The Kier molecular flexibility index (Phi) is 6.05. The molecule has 5 rings (SSSR count). The number of amides is 1. The minimum Gasteiger partial charge on any atom is -0.480 e. The van der Waals surface area contributed by atoms with Gasteiger partial charge in [0.15, 0.2) is 6.10 Å². The number of rotatable bonds is 3. The number of piperidine rings is 2. The second-order valence-corrected chi connectivity index (χ2v) is 9.24. The average molecular weight is 447 g/mol. The van der Waals surface area contributed by atoms with E-state index in [1.165, 1.54) is 0 Å². The second-order valence-electron chi connectivity index (χ2n) is 9.24. The van der Waals surface area contributed by atoms with Crippen molar-refractivity contribution in [2.45, 2.75) is 89.4 Å². The number of halogens is 1. The van der Waals surface area contributed by atoms with Gasteiger partial charge < -0.3 is 19.8 Å². The Morgan fingerprint density at radius 3 is 2.55 bits per heavy atom. The summed E-state index contributed by atoms with van der Waals surface area (Å²) in [5, 5.41) is 0.991. The van der Waals surface area contributed by atoms with Crippen molar-refractivity contribution >= 4 is 29.3 Å². The van der Waals surface area contributed by atoms with Gasteiger partial charge in [0.05, 0.1) is 0 Å². The molecule has 1 aromatic carbocycles. The van der Waals surface area contributed by atoms with Gasteiger partial charge in [0.2, 0.25) is 0 Å². The van der Waals surface area contributed by atoms with Crippen LogP contribution in [0.25, 0.3) is 11.0 Å². The quantitative estimate of drug-likeness (QED) is 0.727. The Balaban J connectivity index is 0.00000231. The van der Waals surface area contributed by atoms with E-state index in [1.54, 1.807) is 0 Å². The Labute approximate surface area is 188 Å². The van der Waals surface area contributed by atoms with Crippen LogP contribution in [0.2, 0.25) is 0 Å². The van der Waals surface area contributed by atoms with Crippen molar-refractivity contribution in [3.8, 4) is 5.75 Å². The standard InChI is InChI=1S/C24H30N2O4.ClH/c1-13-21(10-9-19-18-7-4-8-20(18)24(28)30-22(13)19)29-14(2)23(27)26-16-5-3-6-17(26)12-15(25)11-16;/h9-10,14-17H,3-8,11-12,25H2,1-2H3;1H/t14?,15?,16-,17+;. The largest absolute Gasteiger partial charge is 0.480 e. The topological polar surface area (TPSA) is 85.8 Å². The molecule has 7 heteroatoms. The molecule has 6 nitrogen and oxygen atoms in total. The van der Waals surface area contributed by atoms with E-state index in [2.05, 4.69) is 0 Å². The number of nitrogens with two attached hydrogens (primary N) is 1. The molecule has 2 fully saturated rings. The number of hydrogen-bond acceptors (Lipinski definition) is 5. The van der Waals surface area contributed by atoms with Crippen molar-refractivity contribution < 1.29 is 13.9 Å². The predicted octanol–water partition coefficient (Wildman–Crippen LogP) is 3.65. The summed E-state index contributed by atoms with van der Waals surface area (Å²) in [5.41, 5.74) is 9.25. The van der Waals surface area contributed by atoms with Gasteiger partial charge in [-0.15, -0.1) is 12.4 Å². The first kappa shape index (κ1) is 22.2. The molecular weight excluding hydrogens is 416 g/mol. The smallest absolute Gasteiger partial charge is 0.339 e. The lowest BCUT2D eigenvalue weighted by Crippen LogP contribution is -2.59. The molecule has 31 heavy (non-hydrogen) atoms. The molecule has 0 radical (unpaired) electrons. The van der Waals surface area contributed by atoms with Gasteiger partial charge in [0.25, 0.3) is 5.91 Å². The van der Waals surface area contributed by atoms with Gasteiger partial charge in [-0.05, 0) is 82.9 Å². The molecule has 4 atom stereocenters. The number of carbonyl (C=O) groups excluding carboxylic acids is 1. The van der Waals surface area contributed by atoms with Crippen LogP contribution in [0.3, 0.4) is 0 Å². The molecule has 2 N–H and O–H groups in total. The van der Waals surface area contributed by atoms with Gasteiger partial charge in [0, 0.05) is 34.6 Å². The average Bonchev–Trinajstić information content (AvgIpc) is 3.20. The van der Waals surface area contributed by atoms with E-state index in [4.69, 9.17) is 14.9 Å². The van der Waals surface area contributed by atoms with Crippen LogP contribution in [-0.2, 0) is 17.6 Å². The molecule has 168 valence electrons. The third kappa shape index (κ3) is 3.74. The molecule has 0 spiro atoms. The Hall–Kier alpha value is -2.05. The fraction of sp³-hybridized carbons (Fsp3) is 0.583. The van der Waals surface area contributed by atoms with Gasteiger partial charge in [0.1, 0.15) is 11.3 Å². The third-order valence-corrected chi connectivity index (χ3v) is 7.26. The SMILES string of the molecule is Cc1c(OC(C)C(=O)N2[C@@H]3CCC[C@H]2CC(N)C3)ccc2c3c(c(=O)oc12)CCC3.Cl. The summed E-state index contributed by atoms with van der Waals surface area (Å²) in [4.78, 5) is 27.7. The highest BCUT2D eigenvalue weighted by Gasteiger charge is 2.41. The summed E-state index contributed by atoms with van der Waals surface area (Å²) in [5.74, 6) is 0.634. The monoisotopic (exact) mass is 446 g/mol. The van der Waals surface area contributed by atoms with E-state index in [-0.39, 0.29) is 42.1 Å².